The van der Waals surface area contributed by atoms with Crippen molar-refractivity contribution in [1.82, 2.24) is 9.97 Å². The maximum absolute atomic E-state index is 11.3. The van der Waals surface area contributed by atoms with E-state index in [1.54, 1.807) is 36.8 Å². The van der Waals surface area contributed by atoms with E-state index in [1.807, 2.05) is 60.7 Å². The molecule has 0 aliphatic heterocycles. The summed E-state index contributed by atoms with van der Waals surface area (Å²) in [6.07, 6.45) is 7.37. The predicted molar refractivity (Wildman–Crippen MR) is 126 cm³/mol. The Bertz CT molecular complexity index is 1390. The molecule has 0 atom stereocenters. The SMILES string of the molecule is O=C(O)c1ccccc1C#Cc1ccc(C#Cc2ccccc2/C=C/c2cnc[nH]2)cc1. The van der Waals surface area contributed by atoms with Crippen LogP contribution in [0.3, 0.4) is 0 Å². The highest BCUT2D eigenvalue weighted by Gasteiger charge is 2.06. The van der Waals surface area contributed by atoms with Gasteiger partial charge in [-0.05, 0) is 54.1 Å². The maximum Gasteiger partial charge on any atom is 0.336 e. The fraction of sp³-hybridized carbons (Fsp3) is 0. The van der Waals surface area contributed by atoms with Crippen molar-refractivity contribution in [2.24, 2.45) is 0 Å². The average Bonchev–Trinajstić information content (AvgIpc) is 3.35. The van der Waals surface area contributed by atoms with Gasteiger partial charge in [0.25, 0.3) is 0 Å². The molecular formula is C28H18N2O2. The lowest BCUT2D eigenvalue weighted by atomic mass is 10.1. The van der Waals surface area contributed by atoms with Crippen LogP contribution in [-0.4, -0.2) is 21.0 Å². The van der Waals surface area contributed by atoms with Crippen LogP contribution in [0.15, 0.2) is 85.3 Å². The van der Waals surface area contributed by atoms with Crippen LogP contribution < -0.4 is 0 Å². The van der Waals surface area contributed by atoms with Gasteiger partial charge >= 0.3 is 5.97 Å². The molecule has 3 aromatic carbocycles. The Kier molecular flexibility index (Phi) is 6.27. The molecule has 0 amide bonds. The van der Waals surface area contributed by atoms with Crippen LogP contribution in [0.2, 0.25) is 0 Å². The summed E-state index contributed by atoms with van der Waals surface area (Å²) in [6, 6.07) is 22.2. The molecule has 1 aromatic heterocycles. The first-order chi connectivity index (χ1) is 15.7. The zero-order valence-corrected chi connectivity index (χ0v) is 17.0. The second kappa shape index (κ2) is 9.80. The van der Waals surface area contributed by atoms with Gasteiger partial charge in [-0.25, -0.2) is 9.78 Å². The van der Waals surface area contributed by atoms with Crippen LogP contribution in [0, 0.1) is 23.7 Å². The van der Waals surface area contributed by atoms with Crippen molar-refractivity contribution in [3.05, 3.63) is 124 Å². The molecule has 4 nitrogen and oxygen atoms in total. The number of aromatic nitrogens is 2. The highest BCUT2D eigenvalue weighted by molar-refractivity contribution is 5.90. The van der Waals surface area contributed by atoms with Gasteiger partial charge < -0.3 is 10.1 Å². The Balaban J connectivity index is 1.52. The summed E-state index contributed by atoms with van der Waals surface area (Å²) >= 11 is 0. The fourth-order valence-corrected chi connectivity index (χ4v) is 2.99. The summed E-state index contributed by atoms with van der Waals surface area (Å²) in [5.74, 6) is 11.4. The number of aromatic carboxylic acids is 1. The predicted octanol–water partition coefficient (Wildman–Crippen LogP) is 5.08. The van der Waals surface area contributed by atoms with Crippen LogP contribution in [0.25, 0.3) is 12.2 Å². The van der Waals surface area contributed by atoms with Crippen molar-refractivity contribution in [3.8, 4) is 23.7 Å². The minimum atomic E-state index is -0.986. The smallest absolute Gasteiger partial charge is 0.336 e. The number of carboxylic acid groups (broad SMARTS) is 1. The monoisotopic (exact) mass is 414 g/mol. The molecule has 4 aromatic rings. The van der Waals surface area contributed by atoms with Crippen molar-refractivity contribution in [1.29, 1.82) is 0 Å². The lowest BCUT2D eigenvalue weighted by Crippen LogP contribution is -1.99. The molecule has 0 aliphatic rings. The van der Waals surface area contributed by atoms with E-state index in [4.69, 9.17) is 0 Å². The number of rotatable bonds is 3. The first-order valence-electron chi connectivity index (χ1n) is 9.91. The maximum atomic E-state index is 11.3. The summed E-state index contributed by atoms with van der Waals surface area (Å²) in [5, 5.41) is 9.26. The zero-order valence-electron chi connectivity index (χ0n) is 17.0. The number of nitrogens with one attached hydrogen (secondary N) is 1. The van der Waals surface area contributed by atoms with Crippen molar-refractivity contribution < 1.29 is 9.90 Å². The quantitative estimate of drug-likeness (QED) is 0.460. The molecule has 0 spiro atoms. The number of carboxylic acids is 1. The normalized spacial score (nSPS) is 10.1. The molecule has 0 bridgehead atoms. The fourth-order valence-electron chi connectivity index (χ4n) is 2.99. The van der Waals surface area contributed by atoms with Crippen LogP contribution in [-0.2, 0) is 0 Å². The van der Waals surface area contributed by atoms with Crippen molar-refractivity contribution in [3.63, 3.8) is 0 Å². The highest BCUT2D eigenvalue weighted by Crippen LogP contribution is 2.12. The average molecular weight is 414 g/mol. The van der Waals surface area contributed by atoms with Gasteiger partial charge in [-0.1, -0.05) is 60.1 Å². The Hall–Kier alpha value is -4.80. The molecule has 2 N–H and O–H groups in total. The Morgan fingerprint density at radius 3 is 2.06 bits per heavy atom. The lowest BCUT2D eigenvalue weighted by molar-refractivity contribution is 0.0696. The topological polar surface area (TPSA) is 66.0 Å². The van der Waals surface area contributed by atoms with E-state index in [1.165, 1.54) is 0 Å². The third kappa shape index (κ3) is 5.21. The Labute approximate surface area is 186 Å². The number of carbonyl (C=O) groups is 1. The van der Waals surface area contributed by atoms with Gasteiger partial charge in [-0.15, -0.1) is 0 Å². The lowest BCUT2D eigenvalue weighted by Gasteiger charge is -1.98. The standard InChI is InChI=1S/C28H18N2O2/c31-28(32)27-8-4-3-7-25(27)16-14-22-11-9-21(10-12-22)13-15-23-5-1-2-6-24(23)17-18-26-19-29-20-30-26/h1-12,17-20H,(H,29,30)(H,31,32)/b18-17+. The van der Waals surface area contributed by atoms with Crippen LogP contribution in [0.1, 0.15) is 43.9 Å². The Morgan fingerprint density at radius 2 is 1.41 bits per heavy atom. The third-order valence-electron chi connectivity index (χ3n) is 4.65. The van der Waals surface area contributed by atoms with Gasteiger partial charge in [0, 0.05) is 22.3 Å². The molecule has 0 saturated carbocycles. The molecule has 32 heavy (non-hydrogen) atoms. The minimum Gasteiger partial charge on any atom is -0.478 e. The van der Waals surface area contributed by atoms with E-state index < -0.39 is 5.97 Å². The first-order valence-corrected chi connectivity index (χ1v) is 9.91. The second-order valence-corrected chi connectivity index (χ2v) is 6.86. The molecule has 0 unspecified atom stereocenters. The summed E-state index contributed by atoms with van der Waals surface area (Å²) in [7, 11) is 0. The molecule has 0 fully saturated rings. The molecule has 4 heteroatoms. The van der Waals surface area contributed by atoms with Crippen LogP contribution >= 0.6 is 0 Å². The van der Waals surface area contributed by atoms with Gasteiger partial charge in [-0.3, -0.25) is 0 Å². The van der Waals surface area contributed by atoms with Gasteiger partial charge in [0.15, 0.2) is 0 Å². The number of hydrogen-bond acceptors (Lipinski definition) is 2. The van der Waals surface area contributed by atoms with Gasteiger partial charge in [0.05, 0.1) is 23.8 Å². The second-order valence-electron chi connectivity index (χ2n) is 6.86. The number of hydrogen-bond donors (Lipinski definition) is 2. The molecule has 0 saturated heterocycles. The van der Waals surface area contributed by atoms with Gasteiger partial charge in [0.1, 0.15) is 0 Å². The molecule has 0 aliphatic carbocycles. The summed E-state index contributed by atoms with van der Waals surface area (Å²) in [4.78, 5) is 18.4. The molecule has 1 heterocycles. The molecule has 4 rings (SSSR count). The minimum absolute atomic E-state index is 0.197. The van der Waals surface area contributed by atoms with Gasteiger partial charge in [-0.2, -0.15) is 0 Å². The largest absolute Gasteiger partial charge is 0.478 e. The molecule has 0 radical (unpaired) electrons. The van der Waals surface area contributed by atoms with E-state index >= 15 is 0 Å². The van der Waals surface area contributed by atoms with E-state index in [9.17, 15) is 9.90 Å². The number of imidazole rings is 1. The van der Waals surface area contributed by atoms with Crippen LogP contribution in [0.4, 0.5) is 0 Å². The molecule has 152 valence electrons. The number of nitrogens with zero attached hydrogens (tertiary/aromatic N) is 1. The van der Waals surface area contributed by atoms with Crippen molar-refractivity contribution in [2.45, 2.75) is 0 Å². The Morgan fingerprint density at radius 1 is 0.781 bits per heavy atom. The number of aromatic amines is 1. The third-order valence-corrected chi connectivity index (χ3v) is 4.65. The van der Waals surface area contributed by atoms with Crippen LogP contribution in [0.5, 0.6) is 0 Å². The first kappa shape index (κ1) is 20.5. The van der Waals surface area contributed by atoms with Gasteiger partial charge in [0.2, 0.25) is 0 Å². The highest BCUT2D eigenvalue weighted by atomic mass is 16.4. The summed E-state index contributed by atoms with van der Waals surface area (Å²) in [6.45, 7) is 0. The number of benzene rings is 3. The van der Waals surface area contributed by atoms with E-state index in [0.29, 0.717) is 5.56 Å². The van der Waals surface area contributed by atoms with E-state index in [2.05, 4.69) is 33.6 Å². The zero-order chi connectivity index (χ0) is 22.2. The molecular weight excluding hydrogens is 396 g/mol. The van der Waals surface area contributed by atoms with Crippen molar-refractivity contribution in [2.75, 3.05) is 0 Å². The summed E-state index contributed by atoms with van der Waals surface area (Å²) < 4.78 is 0. The number of H-pyrrole nitrogens is 1. The van der Waals surface area contributed by atoms with Crippen molar-refractivity contribution >= 4 is 18.1 Å². The van der Waals surface area contributed by atoms with E-state index in [0.717, 1.165) is 27.9 Å². The van der Waals surface area contributed by atoms with E-state index in [-0.39, 0.29) is 5.56 Å². The summed E-state index contributed by atoms with van der Waals surface area (Å²) in [5.41, 5.74) is 5.22.